The van der Waals surface area contributed by atoms with Crippen molar-refractivity contribution in [3.05, 3.63) is 70.5 Å². The first kappa shape index (κ1) is 15.2. The summed E-state index contributed by atoms with van der Waals surface area (Å²) in [6, 6.07) is 12.3. The molecular weight excluding hydrogens is 267 g/mol. The zero-order valence-electron chi connectivity index (χ0n) is 12.0. The molecule has 1 amide bonds. The van der Waals surface area contributed by atoms with Gasteiger partial charge >= 0.3 is 0 Å². The molecule has 0 atom stereocenters. The van der Waals surface area contributed by atoms with E-state index in [-0.39, 0.29) is 11.7 Å². The molecule has 0 aliphatic rings. The van der Waals surface area contributed by atoms with Crippen LogP contribution in [0.5, 0.6) is 0 Å². The Morgan fingerprint density at radius 1 is 1.24 bits per heavy atom. The molecule has 0 bridgehead atoms. The Morgan fingerprint density at radius 3 is 2.71 bits per heavy atom. The number of hydrogen-bond donors (Lipinski definition) is 2. The third kappa shape index (κ3) is 3.89. The first-order valence-electron chi connectivity index (χ1n) is 6.93. The Labute approximate surface area is 124 Å². The van der Waals surface area contributed by atoms with Gasteiger partial charge in [0.05, 0.1) is 0 Å². The van der Waals surface area contributed by atoms with Crippen molar-refractivity contribution in [2.24, 2.45) is 5.73 Å². The van der Waals surface area contributed by atoms with Crippen molar-refractivity contribution in [1.29, 1.82) is 0 Å². The topological polar surface area (TPSA) is 55.1 Å². The van der Waals surface area contributed by atoms with E-state index < -0.39 is 0 Å². The van der Waals surface area contributed by atoms with Crippen molar-refractivity contribution < 1.29 is 9.18 Å². The number of hydrogen-bond acceptors (Lipinski definition) is 2. The number of aryl methyl sites for hydroxylation is 1. The summed E-state index contributed by atoms with van der Waals surface area (Å²) in [7, 11) is 0. The molecule has 0 fully saturated rings. The Bertz CT molecular complexity index is 640. The molecule has 3 nitrogen and oxygen atoms in total. The van der Waals surface area contributed by atoms with Crippen molar-refractivity contribution in [2.45, 2.75) is 19.9 Å². The maximum Gasteiger partial charge on any atom is 0.251 e. The minimum absolute atomic E-state index is 0.167. The van der Waals surface area contributed by atoms with Crippen LogP contribution in [0.3, 0.4) is 0 Å². The van der Waals surface area contributed by atoms with Gasteiger partial charge in [0.15, 0.2) is 0 Å². The monoisotopic (exact) mass is 286 g/mol. The maximum atomic E-state index is 13.5. The summed E-state index contributed by atoms with van der Waals surface area (Å²) in [4.78, 5) is 12.2. The summed E-state index contributed by atoms with van der Waals surface area (Å²) >= 11 is 0. The molecule has 0 saturated heterocycles. The van der Waals surface area contributed by atoms with E-state index in [1.165, 1.54) is 6.07 Å². The average molecular weight is 286 g/mol. The minimum Gasteiger partial charge on any atom is -0.348 e. The van der Waals surface area contributed by atoms with Crippen LogP contribution >= 0.6 is 0 Å². The molecule has 4 heteroatoms. The minimum atomic E-state index is -0.259. The van der Waals surface area contributed by atoms with Crippen LogP contribution in [0.1, 0.15) is 27.0 Å². The number of nitrogens with one attached hydrogen (secondary N) is 1. The van der Waals surface area contributed by atoms with Gasteiger partial charge in [0.2, 0.25) is 0 Å². The van der Waals surface area contributed by atoms with Crippen LogP contribution in [0.25, 0.3) is 0 Å². The molecule has 2 rings (SSSR count). The standard InChI is InChI=1S/C17H19FN2O/c1-12-6-7-13(10-16(12)18)11-20-17(21)15-5-3-2-4-14(15)8-9-19/h2-7,10H,8-9,11,19H2,1H3,(H,20,21). The summed E-state index contributed by atoms with van der Waals surface area (Å²) in [5.74, 6) is -0.426. The normalized spacial score (nSPS) is 10.4. The summed E-state index contributed by atoms with van der Waals surface area (Å²) < 4.78 is 13.5. The van der Waals surface area contributed by atoms with Crippen molar-refractivity contribution in [3.8, 4) is 0 Å². The van der Waals surface area contributed by atoms with Crippen molar-refractivity contribution in [2.75, 3.05) is 6.54 Å². The number of carbonyl (C=O) groups is 1. The molecule has 21 heavy (non-hydrogen) atoms. The third-order valence-electron chi connectivity index (χ3n) is 3.36. The highest BCUT2D eigenvalue weighted by Gasteiger charge is 2.10. The summed E-state index contributed by atoms with van der Waals surface area (Å²) in [6.45, 7) is 2.50. The predicted octanol–water partition coefficient (Wildman–Crippen LogP) is 2.57. The zero-order valence-corrected chi connectivity index (χ0v) is 12.0. The number of benzene rings is 2. The van der Waals surface area contributed by atoms with E-state index in [1.807, 2.05) is 24.3 Å². The van der Waals surface area contributed by atoms with Gasteiger partial charge in [0.1, 0.15) is 5.82 Å². The van der Waals surface area contributed by atoms with E-state index in [1.54, 1.807) is 19.1 Å². The molecule has 0 spiro atoms. The predicted molar refractivity (Wildman–Crippen MR) is 81.5 cm³/mol. The summed E-state index contributed by atoms with van der Waals surface area (Å²) in [6.07, 6.45) is 0.656. The van der Waals surface area contributed by atoms with Crippen LogP contribution < -0.4 is 11.1 Å². The van der Waals surface area contributed by atoms with Gasteiger partial charge in [-0.15, -0.1) is 0 Å². The smallest absolute Gasteiger partial charge is 0.251 e. The molecular formula is C17H19FN2O. The van der Waals surface area contributed by atoms with Crippen LogP contribution in [0.2, 0.25) is 0 Å². The highest BCUT2D eigenvalue weighted by Crippen LogP contribution is 2.11. The van der Waals surface area contributed by atoms with Gasteiger partial charge in [-0.05, 0) is 48.7 Å². The maximum absolute atomic E-state index is 13.5. The van der Waals surface area contributed by atoms with Crippen LogP contribution in [-0.2, 0) is 13.0 Å². The quantitative estimate of drug-likeness (QED) is 0.887. The third-order valence-corrected chi connectivity index (χ3v) is 3.36. The van der Waals surface area contributed by atoms with E-state index >= 15 is 0 Å². The molecule has 110 valence electrons. The van der Waals surface area contributed by atoms with Crippen molar-refractivity contribution in [1.82, 2.24) is 5.32 Å². The fourth-order valence-electron chi connectivity index (χ4n) is 2.14. The molecule has 0 heterocycles. The molecule has 3 N–H and O–H groups in total. The Kier molecular flexibility index (Phi) is 5.06. The van der Waals surface area contributed by atoms with Gasteiger partial charge in [-0.2, -0.15) is 0 Å². The summed E-state index contributed by atoms with van der Waals surface area (Å²) in [5.41, 5.74) is 8.43. The molecule has 0 aliphatic heterocycles. The lowest BCUT2D eigenvalue weighted by Gasteiger charge is -2.10. The molecule has 0 aliphatic carbocycles. The van der Waals surface area contributed by atoms with Crippen LogP contribution in [-0.4, -0.2) is 12.5 Å². The van der Waals surface area contributed by atoms with Gasteiger partial charge in [0.25, 0.3) is 5.91 Å². The number of rotatable bonds is 5. The Balaban J connectivity index is 2.06. The number of amides is 1. The Morgan fingerprint density at radius 2 is 2.00 bits per heavy atom. The summed E-state index contributed by atoms with van der Waals surface area (Å²) in [5, 5.41) is 2.81. The largest absolute Gasteiger partial charge is 0.348 e. The van der Waals surface area contributed by atoms with Crippen LogP contribution in [0, 0.1) is 12.7 Å². The fraction of sp³-hybridized carbons (Fsp3) is 0.235. The first-order valence-corrected chi connectivity index (χ1v) is 6.93. The van der Waals surface area contributed by atoms with E-state index in [9.17, 15) is 9.18 Å². The Hall–Kier alpha value is -2.20. The van der Waals surface area contributed by atoms with Gasteiger partial charge < -0.3 is 11.1 Å². The van der Waals surface area contributed by atoms with E-state index in [0.29, 0.717) is 30.6 Å². The lowest BCUT2D eigenvalue weighted by atomic mass is 10.0. The zero-order chi connectivity index (χ0) is 15.2. The second kappa shape index (κ2) is 6.99. The SMILES string of the molecule is Cc1ccc(CNC(=O)c2ccccc2CCN)cc1F. The molecule has 2 aromatic carbocycles. The number of halogens is 1. The van der Waals surface area contributed by atoms with E-state index in [4.69, 9.17) is 5.73 Å². The number of carbonyl (C=O) groups excluding carboxylic acids is 1. The van der Waals surface area contributed by atoms with Crippen LogP contribution in [0.15, 0.2) is 42.5 Å². The molecule has 2 aromatic rings. The highest BCUT2D eigenvalue weighted by atomic mass is 19.1. The second-order valence-corrected chi connectivity index (χ2v) is 4.96. The first-order chi connectivity index (χ1) is 10.1. The highest BCUT2D eigenvalue weighted by molar-refractivity contribution is 5.95. The van der Waals surface area contributed by atoms with Crippen LogP contribution in [0.4, 0.5) is 4.39 Å². The van der Waals surface area contributed by atoms with Gasteiger partial charge in [0, 0.05) is 12.1 Å². The van der Waals surface area contributed by atoms with Crippen molar-refractivity contribution >= 4 is 5.91 Å². The van der Waals surface area contributed by atoms with Crippen molar-refractivity contribution in [3.63, 3.8) is 0 Å². The molecule has 0 aromatic heterocycles. The van der Waals surface area contributed by atoms with Gasteiger partial charge in [-0.3, -0.25) is 4.79 Å². The lowest BCUT2D eigenvalue weighted by Crippen LogP contribution is -2.24. The second-order valence-electron chi connectivity index (χ2n) is 4.96. The van der Waals surface area contributed by atoms with E-state index in [0.717, 1.165) is 11.1 Å². The molecule has 0 radical (unpaired) electrons. The van der Waals surface area contributed by atoms with E-state index in [2.05, 4.69) is 5.32 Å². The fourth-order valence-corrected chi connectivity index (χ4v) is 2.14. The average Bonchev–Trinajstić information content (AvgIpc) is 2.49. The van der Waals surface area contributed by atoms with Gasteiger partial charge in [-0.25, -0.2) is 4.39 Å². The molecule has 0 saturated carbocycles. The number of nitrogens with two attached hydrogens (primary N) is 1. The molecule has 0 unspecified atom stereocenters. The van der Waals surface area contributed by atoms with Gasteiger partial charge in [-0.1, -0.05) is 30.3 Å². The lowest BCUT2D eigenvalue weighted by molar-refractivity contribution is 0.0950.